The lowest BCUT2D eigenvalue weighted by molar-refractivity contribution is -0.114. The molecule has 168 valence electrons. The monoisotopic (exact) mass is 487 g/mol. The predicted molar refractivity (Wildman–Crippen MR) is 118 cm³/mol. The van der Waals surface area contributed by atoms with Crippen molar-refractivity contribution in [3.05, 3.63) is 53.6 Å². The maximum Gasteiger partial charge on any atom is 0.245 e. The second-order valence-electron chi connectivity index (χ2n) is 6.84. The molecule has 0 atom stereocenters. The molecule has 12 heteroatoms. The summed E-state index contributed by atoms with van der Waals surface area (Å²) in [7, 11) is -7.39. The van der Waals surface area contributed by atoms with Gasteiger partial charge in [0.25, 0.3) is 0 Å². The van der Waals surface area contributed by atoms with E-state index in [1.807, 2.05) is 0 Å². The number of nitrogens with zero attached hydrogens (tertiary/aromatic N) is 2. The summed E-state index contributed by atoms with van der Waals surface area (Å²) in [5.41, 5.74) is 0.600. The summed E-state index contributed by atoms with van der Waals surface area (Å²) in [6, 6.07) is 11.9. The third-order valence-corrected chi connectivity index (χ3v) is 7.82. The first-order valence-electron chi connectivity index (χ1n) is 9.28. The molecule has 1 heterocycles. The zero-order chi connectivity index (χ0) is 22.6. The Bertz CT molecular complexity index is 1150. The first-order chi connectivity index (χ1) is 14.6. The number of anilines is 2. The number of sulfonamides is 2. The fourth-order valence-corrected chi connectivity index (χ4v) is 5.45. The zero-order valence-corrected chi connectivity index (χ0v) is 19.1. The van der Waals surface area contributed by atoms with Gasteiger partial charge in [-0.25, -0.2) is 16.8 Å². The van der Waals surface area contributed by atoms with Gasteiger partial charge < -0.3 is 10.1 Å². The van der Waals surface area contributed by atoms with Gasteiger partial charge in [-0.15, -0.1) is 0 Å². The second kappa shape index (κ2) is 9.53. The number of benzene rings is 2. The quantitative estimate of drug-likeness (QED) is 0.636. The largest absolute Gasteiger partial charge is 0.379 e. The highest BCUT2D eigenvalue weighted by Gasteiger charge is 2.26. The van der Waals surface area contributed by atoms with Gasteiger partial charge in [0.1, 0.15) is 6.54 Å². The zero-order valence-electron chi connectivity index (χ0n) is 16.7. The second-order valence-corrected chi connectivity index (χ2v) is 11.1. The van der Waals surface area contributed by atoms with Crippen molar-refractivity contribution < 1.29 is 26.4 Å². The van der Waals surface area contributed by atoms with Crippen LogP contribution in [0.1, 0.15) is 0 Å². The number of carbonyl (C=O) groups is 1. The molecule has 0 unspecified atom stereocenters. The van der Waals surface area contributed by atoms with E-state index < -0.39 is 32.5 Å². The van der Waals surface area contributed by atoms with E-state index in [4.69, 9.17) is 16.3 Å². The molecule has 3 rings (SSSR count). The van der Waals surface area contributed by atoms with E-state index in [2.05, 4.69) is 5.32 Å². The maximum absolute atomic E-state index is 12.7. The first-order valence-corrected chi connectivity index (χ1v) is 12.9. The van der Waals surface area contributed by atoms with E-state index in [0.717, 1.165) is 10.6 Å². The molecule has 9 nitrogen and oxygen atoms in total. The summed E-state index contributed by atoms with van der Waals surface area (Å²) in [5, 5.41) is 2.92. The number of amides is 1. The first kappa shape index (κ1) is 23.5. The molecule has 0 radical (unpaired) electrons. The van der Waals surface area contributed by atoms with Crippen molar-refractivity contribution in [1.29, 1.82) is 0 Å². The standard InChI is InChI=1S/C19H22ClN3O6S2/c1-30(25,26)23(17-4-2-3-15(20)13-17)14-19(24)21-16-5-7-18(8-6-16)31(27,28)22-9-11-29-12-10-22/h2-8,13H,9-12,14H2,1H3,(H,21,24). The summed E-state index contributed by atoms with van der Waals surface area (Å²) in [6.45, 7) is 0.790. The number of hydrogen-bond acceptors (Lipinski definition) is 6. The van der Waals surface area contributed by atoms with Gasteiger partial charge in [0.15, 0.2) is 0 Å². The van der Waals surface area contributed by atoms with Crippen molar-refractivity contribution in [3.63, 3.8) is 0 Å². The molecule has 2 aromatic rings. The number of carbonyl (C=O) groups excluding carboxylic acids is 1. The van der Waals surface area contributed by atoms with Gasteiger partial charge in [0.05, 0.1) is 30.1 Å². The number of morpholine rings is 1. The Balaban J connectivity index is 1.71. The van der Waals surface area contributed by atoms with Crippen LogP contribution in [0.3, 0.4) is 0 Å². The molecule has 1 aliphatic heterocycles. The van der Waals surface area contributed by atoms with Crippen LogP contribution in [-0.4, -0.2) is 66.2 Å². The van der Waals surface area contributed by atoms with Crippen molar-refractivity contribution in [2.75, 3.05) is 48.7 Å². The Kier molecular flexibility index (Phi) is 7.22. The van der Waals surface area contributed by atoms with Gasteiger partial charge >= 0.3 is 0 Å². The van der Waals surface area contributed by atoms with Crippen LogP contribution < -0.4 is 9.62 Å². The van der Waals surface area contributed by atoms with Crippen LogP contribution in [0.5, 0.6) is 0 Å². The number of hydrogen-bond donors (Lipinski definition) is 1. The van der Waals surface area contributed by atoms with Crippen LogP contribution in [0.15, 0.2) is 53.4 Å². The Labute approximate surface area is 186 Å². The van der Waals surface area contributed by atoms with Crippen LogP contribution in [0.4, 0.5) is 11.4 Å². The van der Waals surface area contributed by atoms with Crippen LogP contribution in [-0.2, 0) is 29.6 Å². The summed E-state index contributed by atoms with van der Waals surface area (Å²) in [6.07, 6.45) is 0.993. The van der Waals surface area contributed by atoms with Gasteiger partial charge in [-0.1, -0.05) is 17.7 Å². The van der Waals surface area contributed by atoms with Crippen molar-refractivity contribution in [3.8, 4) is 0 Å². The molecule has 0 spiro atoms. The molecule has 0 aromatic heterocycles. The minimum Gasteiger partial charge on any atom is -0.379 e. The molecule has 0 aliphatic carbocycles. The molecule has 1 aliphatic rings. The molecule has 0 saturated carbocycles. The van der Waals surface area contributed by atoms with E-state index in [0.29, 0.717) is 23.9 Å². The van der Waals surface area contributed by atoms with Crippen molar-refractivity contribution in [2.24, 2.45) is 0 Å². The minimum absolute atomic E-state index is 0.101. The predicted octanol–water partition coefficient (Wildman–Crippen LogP) is 1.77. The third-order valence-electron chi connectivity index (χ3n) is 4.53. The Morgan fingerprint density at radius 1 is 1.10 bits per heavy atom. The van der Waals surface area contributed by atoms with Crippen molar-refractivity contribution >= 4 is 48.9 Å². The highest BCUT2D eigenvalue weighted by Crippen LogP contribution is 2.22. The van der Waals surface area contributed by atoms with Crippen LogP contribution in [0, 0.1) is 0 Å². The molecular weight excluding hydrogens is 466 g/mol. The average Bonchev–Trinajstić information content (AvgIpc) is 2.72. The van der Waals surface area contributed by atoms with Gasteiger partial charge in [0.2, 0.25) is 26.0 Å². The van der Waals surface area contributed by atoms with E-state index in [1.165, 1.54) is 40.7 Å². The molecule has 1 saturated heterocycles. The van der Waals surface area contributed by atoms with Gasteiger partial charge in [-0.05, 0) is 42.5 Å². The summed E-state index contributed by atoms with van der Waals surface area (Å²) in [5.74, 6) is -0.589. The SMILES string of the molecule is CS(=O)(=O)N(CC(=O)Nc1ccc(S(=O)(=O)N2CCOCC2)cc1)c1cccc(Cl)c1. The Hall–Kier alpha value is -2.18. The molecule has 2 aromatic carbocycles. The van der Waals surface area contributed by atoms with Crippen LogP contribution >= 0.6 is 11.6 Å². The van der Waals surface area contributed by atoms with Crippen LogP contribution in [0.25, 0.3) is 0 Å². The van der Waals surface area contributed by atoms with Crippen LogP contribution in [0.2, 0.25) is 5.02 Å². The third kappa shape index (κ3) is 5.95. The number of rotatable bonds is 7. The summed E-state index contributed by atoms with van der Waals surface area (Å²) >= 11 is 5.93. The van der Waals surface area contributed by atoms with Gasteiger partial charge in [-0.2, -0.15) is 4.31 Å². The highest BCUT2D eigenvalue weighted by atomic mass is 35.5. The van der Waals surface area contributed by atoms with E-state index >= 15 is 0 Å². The normalized spacial score (nSPS) is 15.4. The topological polar surface area (TPSA) is 113 Å². The molecule has 1 amide bonds. The number of ether oxygens (including phenoxy) is 1. The average molecular weight is 488 g/mol. The number of halogens is 1. The lowest BCUT2D eigenvalue weighted by Crippen LogP contribution is -2.40. The molecule has 1 N–H and O–H groups in total. The Morgan fingerprint density at radius 3 is 2.32 bits per heavy atom. The van der Waals surface area contributed by atoms with E-state index in [-0.39, 0.29) is 23.7 Å². The lowest BCUT2D eigenvalue weighted by Gasteiger charge is -2.26. The van der Waals surface area contributed by atoms with E-state index in [1.54, 1.807) is 12.1 Å². The molecule has 31 heavy (non-hydrogen) atoms. The number of nitrogens with one attached hydrogen (secondary N) is 1. The van der Waals surface area contributed by atoms with Crippen molar-refractivity contribution in [2.45, 2.75) is 4.90 Å². The Morgan fingerprint density at radius 2 is 1.74 bits per heavy atom. The molecule has 1 fully saturated rings. The lowest BCUT2D eigenvalue weighted by atomic mass is 10.3. The smallest absolute Gasteiger partial charge is 0.245 e. The van der Waals surface area contributed by atoms with E-state index in [9.17, 15) is 21.6 Å². The molecule has 0 bridgehead atoms. The molecular formula is C19H22ClN3O6S2. The van der Waals surface area contributed by atoms with Gasteiger partial charge in [-0.3, -0.25) is 9.10 Å². The maximum atomic E-state index is 12.7. The fourth-order valence-electron chi connectivity index (χ4n) is 3.01. The van der Waals surface area contributed by atoms with Gasteiger partial charge in [0, 0.05) is 23.8 Å². The highest BCUT2D eigenvalue weighted by molar-refractivity contribution is 7.92. The van der Waals surface area contributed by atoms with Crippen molar-refractivity contribution in [1.82, 2.24) is 4.31 Å². The minimum atomic E-state index is -3.74. The summed E-state index contributed by atoms with van der Waals surface area (Å²) < 4.78 is 57.1. The fraction of sp³-hybridized carbons (Fsp3) is 0.316. The summed E-state index contributed by atoms with van der Waals surface area (Å²) in [4.78, 5) is 12.6.